The Labute approximate surface area is 150 Å². The minimum atomic E-state index is 0.0443. The molecule has 25 heavy (non-hydrogen) atoms. The largest absolute Gasteiger partial charge is 0.326 e. The molecule has 0 unspecified atom stereocenters. The van der Waals surface area contributed by atoms with Crippen molar-refractivity contribution < 1.29 is 4.79 Å². The number of nitrogens with one attached hydrogen (secondary N) is 1. The second-order valence-corrected chi connectivity index (χ2v) is 7.79. The molecule has 0 bridgehead atoms. The van der Waals surface area contributed by atoms with Gasteiger partial charge in [-0.1, -0.05) is 37.6 Å². The van der Waals surface area contributed by atoms with Crippen molar-refractivity contribution in [2.75, 3.05) is 5.32 Å². The average Bonchev–Trinajstić information content (AvgIpc) is 3.10. The lowest BCUT2D eigenvalue weighted by molar-refractivity contribution is -0.118. The van der Waals surface area contributed by atoms with Gasteiger partial charge < -0.3 is 5.32 Å². The van der Waals surface area contributed by atoms with Crippen molar-refractivity contribution in [3.8, 4) is 0 Å². The summed E-state index contributed by atoms with van der Waals surface area (Å²) in [6.07, 6.45) is 6.71. The summed E-state index contributed by atoms with van der Waals surface area (Å²) in [5.74, 6) is 0.511. The number of aromatic nitrogens is 1. The first kappa shape index (κ1) is 17.4. The van der Waals surface area contributed by atoms with Gasteiger partial charge in [0.05, 0.1) is 5.92 Å². The lowest BCUT2D eigenvalue weighted by Gasteiger charge is -2.08. The third-order valence-corrected chi connectivity index (χ3v) is 5.09. The van der Waals surface area contributed by atoms with E-state index >= 15 is 0 Å². The van der Waals surface area contributed by atoms with E-state index in [1.54, 1.807) is 0 Å². The van der Waals surface area contributed by atoms with Gasteiger partial charge in [-0.05, 0) is 67.0 Å². The molecule has 1 fully saturated rings. The van der Waals surface area contributed by atoms with Gasteiger partial charge in [0.15, 0.2) is 0 Å². The monoisotopic (exact) mass is 334 g/mol. The first-order chi connectivity index (χ1) is 11.9. The zero-order valence-electron chi connectivity index (χ0n) is 15.4. The van der Waals surface area contributed by atoms with Crippen molar-refractivity contribution in [1.82, 2.24) is 4.98 Å². The summed E-state index contributed by atoms with van der Waals surface area (Å²) in [6, 6.07) is 12.2. The van der Waals surface area contributed by atoms with Crippen LogP contribution < -0.4 is 5.32 Å². The number of carbonyl (C=O) groups is 1. The number of amides is 1. The van der Waals surface area contributed by atoms with Crippen LogP contribution in [0.2, 0.25) is 0 Å². The third-order valence-electron chi connectivity index (χ3n) is 5.09. The molecule has 3 nitrogen and oxygen atoms in total. The Hall–Kier alpha value is -2.42. The van der Waals surface area contributed by atoms with Crippen molar-refractivity contribution in [1.29, 1.82) is 0 Å². The number of nitrogens with zero attached hydrogens (tertiary/aromatic N) is 1. The molecule has 1 amide bonds. The zero-order valence-corrected chi connectivity index (χ0v) is 15.4. The van der Waals surface area contributed by atoms with Crippen molar-refractivity contribution in [3.05, 3.63) is 71.6 Å². The van der Waals surface area contributed by atoms with Crippen molar-refractivity contribution >= 4 is 11.6 Å². The smallest absolute Gasteiger partial charge is 0.228 e. The van der Waals surface area contributed by atoms with Crippen molar-refractivity contribution in [3.63, 3.8) is 0 Å². The fourth-order valence-corrected chi connectivity index (χ4v) is 3.51. The van der Waals surface area contributed by atoms with Crippen LogP contribution in [0, 0.1) is 17.3 Å². The molecule has 2 aromatic rings. The number of hydrogen-bond acceptors (Lipinski definition) is 2. The van der Waals surface area contributed by atoms with Gasteiger partial charge in [0.2, 0.25) is 5.91 Å². The minimum Gasteiger partial charge on any atom is -0.326 e. The maximum absolute atomic E-state index is 12.6. The molecule has 0 spiro atoms. The van der Waals surface area contributed by atoms with Gasteiger partial charge in [-0.3, -0.25) is 9.78 Å². The van der Waals surface area contributed by atoms with Crippen LogP contribution >= 0.6 is 0 Å². The van der Waals surface area contributed by atoms with E-state index in [1.807, 2.05) is 36.7 Å². The number of carbonyl (C=O) groups excluding carboxylic acids is 1. The molecule has 2 atom stereocenters. The second-order valence-electron chi connectivity index (χ2n) is 7.79. The van der Waals surface area contributed by atoms with E-state index in [-0.39, 0.29) is 17.2 Å². The van der Waals surface area contributed by atoms with Crippen LogP contribution in [-0.2, 0) is 11.2 Å². The van der Waals surface area contributed by atoms with Crippen molar-refractivity contribution in [2.45, 2.75) is 34.1 Å². The number of benzene rings is 1. The van der Waals surface area contributed by atoms with E-state index in [0.29, 0.717) is 5.92 Å². The van der Waals surface area contributed by atoms with Crippen LogP contribution in [0.5, 0.6) is 0 Å². The van der Waals surface area contributed by atoms with Crippen LogP contribution in [0.15, 0.2) is 60.4 Å². The molecule has 1 aliphatic rings. The van der Waals surface area contributed by atoms with Crippen LogP contribution in [0.25, 0.3) is 0 Å². The maximum atomic E-state index is 12.6. The standard InChI is InChI=1S/C22H26N2O/c1-15(2)13-19-20(22(19,3)4)21(25)24-18-7-5-16(6-8-18)14-17-9-11-23-12-10-17/h5-13,19-20H,14H2,1-4H3,(H,24,25)/t19-,20+/m0/s1. The van der Waals surface area contributed by atoms with Gasteiger partial charge in [0.25, 0.3) is 0 Å². The number of anilines is 1. The van der Waals surface area contributed by atoms with E-state index in [2.05, 4.69) is 56.2 Å². The summed E-state index contributed by atoms with van der Waals surface area (Å²) in [5.41, 5.74) is 4.63. The lowest BCUT2D eigenvalue weighted by Crippen LogP contribution is -2.16. The number of rotatable bonds is 5. The molecule has 1 aliphatic carbocycles. The van der Waals surface area contributed by atoms with E-state index in [1.165, 1.54) is 16.7 Å². The van der Waals surface area contributed by atoms with E-state index in [4.69, 9.17) is 0 Å². The molecule has 1 N–H and O–H groups in total. The SMILES string of the molecule is CC(C)=C[C@H]1[C@H](C(=O)Nc2ccc(Cc3ccncc3)cc2)C1(C)C. The highest BCUT2D eigenvalue weighted by Gasteiger charge is 2.60. The number of hydrogen-bond donors (Lipinski definition) is 1. The molecule has 1 heterocycles. The molecule has 1 saturated carbocycles. The first-order valence-electron chi connectivity index (χ1n) is 8.81. The predicted octanol–water partition coefficient (Wildman–Crippen LogP) is 4.85. The second kappa shape index (κ2) is 6.83. The quantitative estimate of drug-likeness (QED) is 0.794. The van der Waals surface area contributed by atoms with Gasteiger partial charge >= 0.3 is 0 Å². The Morgan fingerprint density at radius 3 is 2.28 bits per heavy atom. The normalized spacial score (nSPS) is 20.6. The third kappa shape index (κ3) is 3.98. The molecule has 1 aromatic carbocycles. The highest BCUT2D eigenvalue weighted by atomic mass is 16.2. The average molecular weight is 334 g/mol. The summed E-state index contributed by atoms with van der Waals surface area (Å²) in [4.78, 5) is 16.7. The highest BCUT2D eigenvalue weighted by Crippen LogP contribution is 2.59. The van der Waals surface area contributed by atoms with Gasteiger partial charge in [-0.25, -0.2) is 0 Å². The van der Waals surface area contributed by atoms with Gasteiger partial charge in [0.1, 0.15) is 0 Å². The Kier molecular flexibility index (Phi) is 4.76. The molecule has 0 aliphatic heterocycles. The van der Waals surface area contributed by atoms with Crippen LogP contribution in [0.4, 0.5) is 5.69 Å². The molecular weight excluding hydrogens is 308 g/mol. The Morgan fingerprint density at radius 2 is 1.68 bits per heavy atom. The Balaban J connectivity index is 1.62. The van der Waals surface area contributed by atoms with Crippen LogP contribution in [0.1, 0.15) is 38.8 Å². The minimum absolute atomic E-state index is 0.0443. The lowest BCUT2D eigenvalue weighted by atomic mass is 10.1. The zero-order chi connectivity index (χ0) is 18.0. The number of allylic oxidation sites excluding steroid dienone is 2. The molecule has 0 saturated heterocycles. The van der Waals surface area contributed by atoms with Gasteiger partial charge in [-0.2, -0.15) is 0 Å². The maximum Gasteiger partial charge on any atom is 0.228 e. The predicted molar refractivity (Wildman–Crippen MR) is 102 cm³/mol. The summed E-state index contributed by atoms with van der Waals surface area (Å²) >= 11 is 0. The first-order valence-corrected chi connectivity index (χ1v) is 8.81. The van der Waals surface area contributed by atoms with Crippen LogP contribution in [-0.4, -0.2) is 10.9 Å². The molecule has 3 heteroatoms. The topological polar surface area (TPSA) is 42.0 Å². The van der Waals surface area contributed by atoms with E-state index < -0.39 is 0 Å². The van der Waals surface area contributed by atoms with Crippen molar-refractivity contribution in [2.24, 2.45) is 17.3 Å². The Morgan fingerprint density at radius 1 is 1.08 bits per heavy atom. The van der Waals surface area contributed by atoms with Gasteiger partial charge in [-0.15, -0.1) is 0 Å². The Bertz CT molecular complexity index is 771. The molecule has 130 valence electrons. The molecule has 3 rings (SSSR count). The summed E-state index contributed by atoms with van der Waals surface area (Å²) in [6.45, 7) is 8.51. The molecule has 0 radical (unpaired) electrons. The van der Waals surface area contributed by atoms with E-state index in [0.717, 1.165) is 12.1 Å². The highest BCUT2D eigenvalue weighted by molar-refractivity contribution is 5.95. The van der Waals surface area contributed by atoms with Crippen LogP contribution in [0.3, 0.4) is 0 Å². The molecular formula is C22H26N2O. The number of pyridine rings is 1. The fourth-order valence-electron chi connectivity index (χ4n) is 3.51. The van der Waals surface area contributed by atoms with Gasteiger partial charge in [0, 0.05) is 18.1 Å². The molecule has 1 aromatic heterocycles. The summed E-state index contributed by atoms with van der Waals surface area (Å²) in [7, 11) is 0. The fraction of sp³-hybridized carbons (Fsp3) is 0.364. The summed E-state index contributed by atoms with van der Waals surface area (Å²) < 4.78 is 0. The van der Waals surface area contributed by atoms with E-state index in [9.17, 15) is 4.79 Å². The summed E-state index contributed by atoms with van der Waals surface area (Å²) in [5, 5.41) is 3.08.